The average Bonchev–Trinajstić information content (AvgIpc) is 3.21. The van der Waals surface area contributed by atoms with E-state index in [9.17, 15) is 9.59 Å². The van der Waals surface area contributed by atoms with Crippen LogP contribution in [0.3, 0.4) is 0 Å². The van der Waals surface area contributed by atoms with Crippen molar-refractivity contribution in [2.75, 3.05) is 26.3 Å². The van der Waals surface area contributed by atoms with Crippen molar-refractivity contribution in [1.82, 2.24) is 25.0 Å². The maximum Gasteiger partial charge on any atom is 0.255 e. The molecule has 2 aliphatic heterocycles. The minimum Gasteiger partial charge on any atom is -0.381 e. The first-order chi connectivity index (χ1) is 14.1. The lowest BCUT2D eigenvalue weighted by atomic mass is 10.0. The molecule has 154 valence electrons. The fraction of sp³-hybridized carbons (Fsp3) is 0.524. The maximum atomic E-state index is 13.0. The lowest BCUT2D eigenvalue weighted by molar-refractivity contribution is -0.122. The number of nitrogens with one attached hydrogen (secondary N) is 1. The fourth-order valence-corrected chi connectivity index (χ4v) is 4.04. The predicted octanol–water partition coefficient (Wildman–Crippen LogP) is 1.72. The van der Waals surface area contributed by atoms with Gasteiger partial charge in [0, 0.05) is 44.9 Å². The van der Waals surface area contributed by atoms with Crippen molar-refractivity contribution >= 4 is 11.8 Å². The Morgan fingerprint density at radius 2 is 2.10 bits per heavy atom. The van der Waals surface area contributed by atoms with Gasteiger partial charge in [0.2, 0.25) is 5.91 Å². The van der Waals surface area contributed by atoms with Crippen LogP contribution in [0.25, 0.3) is 0 Å². The van der Waals surface area contributed by atoms with Crippen molar-refractivity contribution in [3.05, 3.63) is 47.5 Å². The molecule has 2 aromatic rings. The molecule has 1 N–H and O–H groups in total. The van der Waals surface area contributed by atoms with E-state index in [1.165, 1.54) is 0 Å². The van der Waals surface area contributed by atoms with Crippen LogP contribution in [0.15, 0.2) is 30.7 Å². The largest absolute Gasteiger partial charge is 0.381 e. The summed E-state index contributed by atoms with van der Waals surface area (Å²) >= 11 is 0. The zero-order valence-corrected chi connectivity index (χ0v) is 16.7. The molecule has 1 fully saturated rings. The highest BCUT2D eigenvalue weighted by molar-refractivity contribution is 5.94. The molecule has 2 aliphatic rings. The van der Waals surface area contributed by atoms with Gasteiger partial charge >= 0.3 is 0 Å². The smallest absolute Gasteiger partial charge is 0.255 e. The molecule has 1 atom stereocenters. The number of ether oxygens (including phenoxy) is 1. The quantitative estimate of drug-likeness (QED) is 0.830. The van der Waals surface area contributed by atoms with E-state index in [0.717, 1.165) is 37.3 Å². The average molecular weight is 397 g/mol. The second-order valence-corrected chi connectivity index (χ2v) is 7.92. The van der Waals surface area contributed by atoms with Crippen molar-refractivity contribution < 1.29 is 14.3 Å². The zero-order chi connectivity index (χ0) is 20.2. The van der Waals surface area contributed by atoms with E-state index in [4.69, 9.17) is 4.74 Å². The molecule has 0 saturated carbocycles. The van der Waals surface area contributed by atoms with Crippen molar-refractivity contribution in [2.45, 2.75) is 38.8 Å². The number of hydrogen-bond donors (Lipinski definition) is 1. The molecule has 2 aromatic heterocycles. The molecular formula is C21H27N5O3. The van der Waals surface area contributed by atoms with Gasteiger partial charge in [-0.3, -0.25) is 19.3 Å². The van der Waals surface area contributed by atoms with Gasteiger partial charge in [-0.2, -0.15) is 5.10 Å². The maximum absolute atomic E-state index is 13.0. The molecule has 29 heavy (non-hydrogen) atoms. The van der Waals surface area contributed by atoms with Crippen LogP contribution < -0.4 is 5.32 Å². The van der Waals surface area contributed by atoms with Crippen LogP contribution >= 0.6 is 0 Å². The summed E-state index contributed by atoms with van der Waals surface area (Å²) in [7, 11) is 0. The number of carbonyl (C=O) groups is 2. The highest BCUT2D eigenvalue weighted by atomic mass is 16.5. The number of aryl methyl sites for hydroxylation is 1. The van der Waals surface area contributed by atoms with Crippen molar-refractivity contribution in [3.63, 3.8) is 0 Å². The number of fused-ring (bicyclic) bond motifs is 1. The third kappa shape index (κ3) is 4.64. The van der Waals surface area contributed by atoms with Gasteiger partial charge < -0.3 is 15.0 Å². The molecule has 0 radical (unpaired) electrons. The molecule has 0 bridgehead atoms. The van der Waals surface area contributed by atoms with Gasteiger partial charge in [-0.15, -0.1) is 0 Å². The van der Waals surface area contributed by atoms with E-state index < -0.39 is 0 Å². The zero-order valence-electron chi connectivity index (χ0n) is 16.7. The van der Waals surface area contributed by atoms with Gasteiger partial charge in [0.1, 0.15) is 0 Å². The summed E-state index contributed by atoms with van der Waals surface area (Å²) in [4.78, 5) is 31.5. The van der Waals surface area contributed by atoms with E-state index in [1.54, 1.807) is 23.5 Å². The molecule has 0 aromatic carbocycles. The summed E-state index contributed by atoms with van der Waals surface area (Å²) in [6, 6.07) is 3.57. The summed E-state index contributed by atoms with van der Waals surface area (Å²) in [5.41, 5.74) is 2.45. The first-order valence-corrected chi connectivity index (χ1v) is 10.2. The third-order valence-corrected chi connectivity index (χ3v) is 5.64. The summed E-state index contributed by atoms with van der Waals surface area (Å²) in [5.74, 6) is 0.405. The van der Waals surface area contributed by atoms with Crippen LogP contribution in [-0.4, -0.2) is 57.8 Å². The molecule has 0 aliphatic carbocycles. The van der Waals surface area contributed by atoms with Gasteiger partial charge in [0.05, 0.1) is 30.3 Å². The first kappa shape index (κ1) is 19.6. The van der Waals surface area contributed by atoms with Gasteiger partial charge in [0.15, 0.2) is 0 Å². The van der Waals surface area contributed by atoms with Crippen molar-refractivity contribution in [3.8, 4) is 0 Å². The molecule has 2 amide bonds. The first-order valence-electron chi connectivity index (χ1n) is 10.2. The summed E-state index contributed by atoms with van der Waals surface area (Å²) in [6.45, 7) is 5.06. The van der Waals surface area contributed by atoms with E-state index in [2.05, 4.69) is 15.4 Å². The number of hydrogen-bond acceptors (Lipinski definition) is 5. The van der Waals surface area contributed by atoms with Crippen LogP contribution in [0.4, 0.5) is 0 Å². The van der Waals surface area contributed by atoms with Gasteiger partial charge in [-0.25, -0.2) is 0 Å². The number of nitrogens with zero attached hydrogens (tertiary/aromatic N) is 4. The Balaban J connectivity index is 1.41. The minimum absolute atomic E-state index is 0.00513. The van der Waals surface area contributed by atoms with Gasteiger partial charge in [-0.05, 0) is 43.4 Å². The van der Waals surface area contributed by atoms with Crippen molar-refractivity contribution in [1.29, 1.82) is 0 Å². The Hall–Kier alpha value is -2.74. The minimum atomic E-state index is -0.176. The second kappa shape index (κ2) is 8.73. The summed E-state index contributed by atoms with van der Waals surface area (Å²) in [5, 5.41) is 7.45. The Morgan fingerprint density at radius 3 is 2.90 bits per heavy atom. The summed E-state index contributed by atoms with van der Waals surface area (Å²) in [6.07, 6.45) is 7.32. The van der Waals surface area contributed by atoms with Gasteiger partial charge in [0.25, 0.3) is 5.91 Å². The normalized spacial score (nSPS) is 19.6. The van der Waals surface area contributed by atoms with Crippen molar-refractivity contribution in [2.24, 2.45) is 5.92 Å². The molecule has 8 heteroatoms. The van der Waals surface area contributed by atoms with Crippen LogP contribution in [0.2, 0.25) is 0 Å². The lowest BCUT2D eigenvalue weighted by Crippen LogP contribution is -2.43. The number of carbonyl (C=O) groups excluding carboxylic acids is 2. The molecule has 0 unspecified atom stereocenters. The molecular weight excluding hydrogens is 370 g/mol. The van der Waals surface area contributed by atoms with Crippen LogP contribution in [-0.2, 0) is 16.1 Å². The fourth-order valence-electron chi connectivity index (χ4n) is 4.04. The Kier molecular flexibility index (Phi) is 5.89. The molecule has 4 rings (SSSR count). The number of aromatic nitrogens is 3. The predicted molar refractivity (Wildman–Crippen MR) is 106 cm³/mol. The number of pyridine rings is 1. The van der Waals surface area contributed by atoms with Crippen LogP contribution in [0, 0.1) is 12.8 Å². The highest BCUT2D eigenvalue weighted by Crippen LogP contribution is 2.24. The SMILES string of the molecule is Cc1cncc(C(=O)N2Cc3ccnn3[C@@H](CC(=O)NCC3CCOCC3)C2)c1. The molecule has 8 nitrogen and oxygen atoms in total. The Labute approximate surface area is 170 Å². The molecule has 0 spiro atoms. The highest BCUT2D eigenvalue weighted by Gasteiger charge is 2.30. The molecule has 1 saturated heterocycles. The van der Waals surface area contributed by atoms with E-state index in [-0.39, 0.29) is 17.9 Å². The monoisotopic (exact) mass is 397 g/mol. The summed E-state index contributed by atoms with van der Waals surface area (Å²) < 4.78 is 7.25. The van der Waals surface area contributed by atoms with Crippen LogP contribution in [0.1, 0.15) is 46.9 Å². The number of amides is 2. The van der Waals surface area contributed by atoms with Gasteiger partial charge in [-0.1, -0.05) is 0 Å². The standard InChI is InChI=1S/C21H27N5O3/c1-15-8-17(12-22-10-15)21(28)25-13-18-2-5-24-26(18)19(14-25)9-20(27)23-11-16-3-6-29-7-4-16/h2,5,8,10,12,16,19H,3-4,6-7,9,11,13-14H2,1H3,(H,23,27)/t19-/m0/s1. The third-order valence-electron chi connectivity index (χ3n) is 5.64. The topological polar surface area (TPSA) is 89.4 Å². The van der Waals surface area contributed by atoms with E-state index in [1.807, 2.05) is 23.7 Å². The Bertz CT molecular complexity index is 875. The Morgan fingerprint density at radius 1 is 1.28 bits per heavy atom. The second-order valence-electron chi connectivity index (χ2n) is 7.92. The molecule has 4 heterocycles. The lowest BCUT2D eigenvalue weighted by Gasteiger charge is -2.34. The van der Waals surface area contributed by atoms with E-state index >= 15 is 0 Å². The van der Waals surface area contributed by atoms with E-state index in [0.29, 0.717) is 37.5 Å². The number of rotatable bonds is 5. The van der Waals surface area contributed by atoms with Crippen LogP contribution in [0.5, 0.6) is 0 Å².